The maximum atomic E-state index is 6.05. The van der Waals surface area contributed by atoms with Crippen LogP contribution in [-0.2, 0) is 17.9 Å². The van der Waals surface area contributed by atoms with Crippen molar-refractivity contribution >= 4 is 0 Å². The average molecular weight is 386 g/mol. The molecule has 29 heavy (non-hydrogen) atoms. The molecule has 1 aliphatic heterocycles. The molecule has 0 saturated carbocycles. The molecule has 0 bridgehead atoms. The molecule has 0 aliphatic carbocycles. The molecule has 0 spiro atoms. The van der Waals surface area contributed by atoms with Crippen LogP contribution in [0.1, 0.15) is 34.1 Å². The normalized spacial score (nSPS) is 16.0. The van der Waals surface area contributed by atoms with Crippen LogP contribution in [0.15, 0.2) is 53.1 Å². The fourth-order valence-corrected chi connectivity index (χ4v) is 3.54. The molecule has 0 saturated heterocycles. The number of hydrogen-bond donors (Lipinski definition) is 0. The minimum absolute atomic E-state index is 0.00960. The number of ether oxygens (including phenoxy) is 1. The molecule has 146 valence electrons. The van der Waals surface area contributed by atoms with Crippen molar-refractivity contribution in [3.8, 4) is 23.0 Å². The third kappa shape index (κ3) is 3.36. The first-order chi connectivity index (χ1) is 14.1. The highest BCUT2D eigenvalue weighted by Gasteiger charge is 2.24. The van der Waals surface area contributed by atoms with Crippen LogP contribution >= 0.6 is 0 Å². The molecule has 1 atom stereocenters. The molecular formula is C23H22N4O2. The summed E-state index contributed by atoms with van der Waals surface area (Å²) in [5.74, 6) is 0.995. The van der Waals surface area contributed by atoms with Gasteiger partial charge in [0, 0.05) is 5.56 Å². The van der Waals surface area contributed by atoms with Crippen LogP contribution < -0.4 is 0 Å². The highest BCUT2D eigenvalue weighted by molar-refractivity contribution is 5.59. The average Bonchev–Trinajstić information content (AvgIpc) is 3.37. The second-order valence-corrected chi connectivity index (χ2v) is 7.64. The lowest BCUT2D eigenvalue weighted by Crippen LogP contribution is -2.21. The van der Waals surface area contributed by atoms with Crippen LogP contribution in [0.25, 0.3) is 23.0 Å². The van der Waals surface area contributed by atoms with Crippen molar-refractivity contribution in [2.24, 2.45) is 0 Å². The van der Waals surface area contributed by atoms with Crippen LogP contribution in [0.5, 0.6) is 0 Å². The van der Waals surface area contributed by atoms with Gasteiger partial charge in [0.05, 0.1) is 18.8 Å². The fraction of sp³-hybridized carbons (Fsp3) is 0.261. The summed E-state index contributed by atoms with van der Waals surface area (Å²) in [6, 6.07) is 16.6. The Hall–Kier alpha value is -3.25. The maximum Gasteiger partial charge on any atom is 0.278 e. The number of hydrogen-bond acceptors (Lipinski definition) is 5. The van der Waals surface area contributed by atoms with E-state index in [1.54, 1.807) is 0 Å². The Kier molecular flexibility index (Phi) is 4.28. The lowest BCUT2D eigenvalue weighted by atomic mass is 10.1. The Balaban J connectivity index is 1.40. The van der Waals surface area contributed by atoms with E-state index in [-0.39, 0.29) is 6.10 Å². The first-order valence-corrected chi connectivity index (χ1v) is 9.73. The number of fused-ring (bicyclic) bond motifs is 1. The lowest BCUT2D eigenvalue weighted by molar-refractivity contribution is -0.00113. The summed E-state index contributed by atoms with van der Waals surface area (Å²) in [5.41, 5.74) is 7.46. The van der Waals surface area contributed by atoms with Gasteiger partial charge < -0.3 is 9.26 Å². The minimum Gasteiger partial charge on any atom is -0.365 e. The van der Waals surface area contributed by atoms with Gasteiger partial charge in [0.15, 0.2) is 5.69 Å². The predicted octanol–water partition coefficient (Wildman–Crippen LogP) is 4.80. The van der Waals surface area contributed by atoms with Gasteiger partial charge >= 0.3 is 0 Å². The Morgan fingerprint density at radius 1 is 0.966 bits per heavy atom. The zero-order chi connectivity index (χ0) is 20.0. The number of nitrogens with zero attached hydrogens (tertiary/aromatic N) is 4. The summed E-state index contributed by atoms with van der Waals surface area (Å²) in [5, 5.41) is 8.84. The van der Waals surface area contributed by atoms with E-state index in [1.165, 1.54) is 16.7 Å². The van der Waals surface area contributed by atoms with Crippen molar-refractivity contribution in [1.82, 2.24) is 19.9 Å². The highest BCUT2D eigenvalue weighted by Crippen LogP contribution is 2.29. The molecule has 0 radical (unpaired) electrons. The molecule has 2 aromatic heterocycles. The number of aryl methyl sites for hydroxylation is 3. The first-order valence-electron chi connectivity index (χ1n) is 9.73. The molecule has 0 fully saturated rings. The molecular weight excluding hydrogens is 364 g/mol. The summed E-state index contributed by atoms with van der Waals surface area (Å²) >= 11 is 0. The number of rotatable bonds is 3. The minimum atomic E-state index is -0.00960. The highest BCUT2D eigenvalue weighted by atomic mass is 16.5. The molecule has 2 aromatic carbocycles. The van der Waals surface area contributed by atoms with Gasteiger partial charge in [-0.25, -0.2) is 0 Å². The number of benzene rings is 2. The standard InChI is InChI=1S/C23H22N4O2/c1-14-4-7-17(8-5-14)21-12-27-19(13-28-21)11-20(25-27)23-24-22(26-29-23)18-9-6-15(2)16(3)10-18/h4-11,21H,12-13H2,1-3H3/t21-/m1/s1. The van der Waals surface area contributed by atoms with Crippen LogP contribution in [0, 0.1) is 20.8 Å². The number of aromatic nitrogens is 4. The summed E-state index contributed by atoms with van der Waals surface area (Å²) in [6.45, 7) is 7.41. The summed E-state index contributed by atoms with van der Waals surface area (Å²) in [4.78, 5) is 4.56. The second-order valence-electron chi connectivity index (χ2n) is 7.64. The molecule has 5 rings (SSSR count). The fourth-order valence-electron chi connectivity index (χ4n) is 3.54. The Morgan fingerprint density at radius 2 is 1.79 bits per heavy atom. The van der Waals surface area contributed by atoms with Gasteiger partial charge in [-0.05, 0) is 49.6 Å². The Labute approximate surface area is 169 Å². The summed E-state index contributed by atoms with van der Waals surface area (Å²) < 4.78 is 13.5. The third-order valence-corrected chi connectivity index (χ3v) is 5.49. The van der Waals surface area contributed by atoms with E-state index in [0.29, 0.717) is 30.6 Å². The van der Waals surface area contributed by atoms with Gasteiger partial charge in [-0.1, -0.05) is 47.1 Å². The molecule has 3 heterocycles. The summed E-state index contributed by atoms with van der Waals surface area (Å²) in [7, 11) is 0. The largest absolute Gasteiger partial charge is 0.365 e. The third-order valence-electron chi connectivity index (χ3n) is 5.49. The Bertz CT molecular complexity index is 1170. The smallest absolute Gasteiger partial charge is 0.278 e. The Morgan fingerprint density at radius 3 is 2.59 bits per heavy atom. The van der Waals surface area contributed by atoms with Crippen LogP contribution in [0.4, 0.5) is 0 Å². The van der Waals surface area contributed by atoms with Crippen molar-refractivity contribution in [2.75, 3.05) is 0 Å². The van der Waals surface area contributed by atoms with Crippen LogP contribution in [0.2, 0.25) is 0 Å². The molecule has 0 unspecified atom stereocenters. The zero-order valence-electron chi connectivity index (χ0n) is 16.7. The predicted molar refractivity (Wildman–Crippen MR) is 109 cm³/mol. The van der Waals surface area contributed by atoms with Crippen LogP contribution in [-0.4, -0.2) is 19.9 Å². The molecule has 6 heteroatoms. The van der Waals surface area contributed by atoms with Crippen molar-refractivity contribution in [1.29, 1.82) is 0 Å². The SMILES string of the molecule is Cc1ccc([C@H]2Cn3nc(-c4nc(-c5ccc(C)c(C)c5)no4)cc3CO2)cc1. The maximum absolute atomic E-state index is 6.05. The molecule has 0 N–H and O–H groups in total. The molecule has 0 amide bonds. The van der Waals surface area contributed by atoms with E-state index in [0.717, 1.165) is 16.8 Å². The van der Waals surface area contributed by atoms with Gasteiger partial charge in [-0.2, -0.15) is 10.1 Å². The van der Waals surface area contributed by atoms with Crippen molar-refractivity contribution in [3.63, 3.8) is 0 Å². The van der Waals surface area contributed by atoms with E-state index in [1.807, 2.05) is 16.8 Å². The monoisotopic (exact) mass is 386 g/mol. The van der Waals surface area contributed by atoms with Gasteiger partial charge in [-0.3, -0.25) is 4.68 Å². The van der Waals surface area contributed by atoms with Crippen molar-refractivity contribution < 1.29 is 9.26 Å². The van der Waals surface area contributed by atoms with Gasteiger partial charge in [0.2, 0.25) is 5.82 Å². The quantitative estimate of drug-likeness (QED) is 0.506. The van der Waals surface area contributed by atoms with Crippen molar-refractivity contribution in [3.05, 3.63) is 76.5 Å². The van der Waals surface area contributed by atoms with E-state index < -0.39 is 0 Å². The van der Waals surface area contributed by atoms with Gasteiger partial charge in [-0.15, -0.1) is 0 Å². The molecule has 4 aromatic rings. The van der Waals surface area contributed by atoms with E-state index in [2.05, 4.69) is 67.3 Å². The zero-order valence-corrected chi connectivity index (χ0v) is 16.7. The molecule has 6 nitrogen and oxygen atoms in total. The summed E-state index contributed by atoms with van der Waals surface area (Å²) in [6.07, 6.45) is -0.00960. The van der Waals surface area contributed by atoms with E-state index in [9.17, 15) is 0 Å². The van der Waals surface area contributed by atoms with E-state index in [4.69, 9.17) is 14.4 Å². The van der Waals surface area contributed by atoms with E-state index >= 15 is 0 Å². The van der Waals surface area contributed by atoms with Gasteiger partial charge in [0.25, 0.3) is 5.89 Å². The van der Waals surface area contributed by atoms with Crippen LogP contribution in [0.3, 0.4) is 0 Å². The second kappa shape index (κ2) is 6.97. The lowest BCUT2D eigenvalue weighted by Gasteiger charge is -2.24. The van der Waals surface area contributed by atoms with Crippen molar-refractivity contribution in [2.45, 2.75) is 40.0 Å². The first kappa shape index (κ1) is 17.8. The van der Waals surface area contributed by atoms with Gasteiger partial charge in [0.1, 0.15) is 6.10 Å². The molecule has 1 aliphatic rings. The topological polar surface area (TPSA) is 66.0 Å².